The van der Waals surface area contributed by atoms with Crippen molar-refractivity contribution in [1.82, 2.24) is 10.3 Å². The van der Waals surface area contributed by atoms with Crippen LogP contribution >= 0.6 is 0 Å². The van der Waals surface area contributed by atoms with E-state index in [0.29, 0.717) is 18.9 Å². The molecule has 1 aromatic heterocycles. The number of ether oxygens (including phenoxy) is 1. The van der Waals surface area contributed by atoms with E-state index in [1.807, 2.05) is 24.3 Å². The van der Waals surface area contributed by atoms with Crippen molar-refractivity contribution < 1.29 is 22.7 Å². The number of para-hydroxylation sites is 1. The van der Waals surface area contributed by atoms with Crippen molar-refractivity contribution in [1.29, 1.82) is 0 Å². The van der Waals surface area contributed by atoms with Gasteiger partial charge in [0.15, 0.2) is 11.7 Å². The van der Waals surface area contributed by atoms with Gasteiger partial charge in [-0.3, -0.25) is 4.79 Å². The summed E-state index contributed by atoms with van der Waals surface area (Å²) in [6, 6.07) is 10.8. The maximum atomic E-state index is 13.8. The monoisotopic (exact) mass is 384 g/mol. The van der Waals surface area contributed by atoms with Gasteiger partial charge in [-0.2, -0.15) is 0 Å². The van der Waals surface area contributed by atoms with Crippen LogP contribution in [0.5, 0.6) is 5.75 Å². The minimum atomic E-state index is -0.723. The van der Waals surface area contributed by atoms with Crippen LogP contribution in [-0.2, 0) is 11.2 Å². The van der Waals surface area contributed by atoms with E-state index in [-0.39, 0.29) is 36.1 Å². The van der Waals surface area contributed by atoms with Gasteiger partial charge < -0.3 is 14.5 Å². The molecule has 5 nitrogen and oxygen atoms in total. The molecule has 0 bridgehead atoms. The minimum absolute atomic E-state index is 0.0918. The van der Waals surface area contributed by atoms with E-state index in [9.17, 15) is 13.6 Å². The second kappa shape index (κ2) is 7.80. The zero-order valence-corrected chi connectivity index (χ0v) is 15.0. The number of fused-ring (bicyclic) bond motifs is 1. The molecule has 0 unspecified atom stereocenters. The van der Waals surface area contributed by atoms with Crippen LogP contribution in [-0.4, -0.2) is 17.5 Å². The van der Waals surface area contributed by atoms with Gasteiger partial charge >= 0.3 is 0 Å². The number of carbonyl (C=O) groups excluding carboxylic acids is 1. The Labute approximate surface area is 160 Å². The minimum Gasteiger partial charge on any atom is -0.493 e. The Morgan fingerprint density at radius 3 is 2.93 bits per heavy atom. The predicted molar refractivity (Wildman–Crippen MR) is 97.6 cm³/mol. The number of oxazole rings is 1. The quantitative estimate of drug-likeness (QED) is 0.716. The fourth-order valence-electron chi connectivity index (χ4n) is 3.22. The lowest BCUT2D eigenvalue weighted by Crippen LogP contribution is -2.32. The van der Waals surface area contributed by atoms with E-state index in [4.69, 9.17) is 9.15 Å². The average molecular weight is 384 g/mol. The fraction of sp³-hybridized carbons (Fsp3) is 0.238. The number of rotatable bonds is 5. The van der Waals surface area contributed by atoms with Gasteiger partial charge in [0.2, 0.25) is 5.91 Å². The van der Waals surface area contributed by atoms with Gasteiger partial charge in [0.05, 0.1) is 24.4 Å². The molecule has 4 rings (SSSR count). The molecule has 7 heteroatoms. The molecule has 0 saturated heterocycles. The average Bonchev–Trinajstić information content (AvgIpc) is 3.15. The molecule has 3 aromatic rings. The van der Waals surface area contributed by atoms with Gasteiger partial charge in [-0.1, -0.05) is 18.2 Å². The lowest BCUT2D eigenvalue weighted by Gasteiger charge is -2.26. The summed E-state index contributed by atoms with van der Waals surface area (Å²) >= 11 is 0. The summed E-state index contributed by atoms with van der Waals surface area (Å²) in [4.78, 5) is 16.4. The summed E-state index contributed by atoms with van der Waals surface area (Å²) in [7, 11) is 0. The van der Waals surface area contributed by atoms with Crippen LogP contribution in [0.3, 0.4) is 0 Å². The van der Waals surface area contributed by atoms with Crippen LogP contribution in [0.25, 0.3) is 11.3 Å². The van der Waals surface area contributed by atoms with E-state index in [1.54, 1.807) is 0 Å². The van der Waals surface area contributed by atoms with E-state index in [0.717, 1.165) is 23.4 Å². The third-order valence-electron chi connectivity index (χ3n) is 4.61. The molecule has 2 aromatic carbocycles. The van der Waals surface area contributed by atoms with E-state index >= 15 is 0 Å². The first-order valence-corrected chi connectivity index (χ1v) is 9.01. The van der Waals surface area contributed by atoms with Gasteiger partial charge in [-0.05, 0) is 18.2 Å². The summed E-state index contributed by atoms with van der Waals surface area (Å²) in [5.41, 5.74) is 1.09. The number of hydrogen-bond acceptors (Lipinski definition) is 4. The van der Waals surface area contributed by atoms with E-state index < -0.39 is 11.6 Å². The molecule has 1 atom stereocenters. The van der Waals surface area contributed by atoms with Crippen LogP contribution in [0.15, 0.2) is 53.1 Å². The Morgan fingerprint density at radius 1 is 1.21 bits per heavy atom. The highest BCUT2D eigenvalue weighted by atomic mass is 19.1. The molecule has 1 amide bonds. The Morgan fingerprint density at radius 2 is 2.07 bits per heavy atom. The number of aryl methyl sites for hydroxylation is 1. The molecule has 2 heterocycles. The number of nitrogens with one attached hydrogen (secondary N) is 1. The normalized spacial score (nSPS) is 15.6. The number of carbonyl (C=O) groups is 1. The molecular weight excluding hydrogens is 366 g/mol. The number of benzene rings is 2. The van der Waals surface area contributed by atoms with Crippen molar-refractivity contribution in [2.24, 2.45) is 0 Å². The molecule has 0 fully saturated rings. The van der Waals surface area contributed by atoms with Crippen LogP contribution in [0.4, 0.5) is 8.78 Å². The summed E-state index contributed by atoms with van der Waals surface area (Å²) < 4.78 is 38.0. The maximum absolute atomic E-state index is 13.8. The summed E-state index contributed by atoms with van der Waals surface area (Å²) in [5, 5.41) is 3.01. The Hall–Kier alpha value is -3.22. The first-order chi connectivity index (χ1) is 13.6. The van der Waals surface area contributed by atoms with Gasteiger partial charge in [-0.15, -0.1) is 0 Å². The summed E-state index contributed by atoms with van der Waals surface area (Å²) in [6.07, 6.45) is 2.54. The highest BCUT2D eigenvalue weighted by Gasteiger charge is 2.22. The Balaban J connectivity index is 1.37. The Bertz CT molecular complexity index is 1000. The maximum Gasteiger partial charge on any atom is 0.220 e. The lowest BCUT2D eigenvalue weighted by atomic mass is 10.0. The van der Waals surface area contributed by atoms with E-state index in [1.165, 1.54) is 12.3 Å². The highest BCUT2D eigenvalue weighted by molar-refractivity contribution is 5.76. The second-order valence-corrected chi connectivity index (χ2v) is 6.54. The molecule has 0 aliphatic carbocycles. The first kappa shape index (κ1) is 18.2. The smallest absolute Gasteiger partial charge is 0.220 e. The molecule has 1 aliphatic heterocycles. The molecule has 1 N–H and O–H groups in total. The number of halogens is 2. The predicted octanol–water partition coefficient (Wildman–Crippen LogP) is 4.19. The zero-order chi connectivity index (χ0) is 19.5. The fourth-order valence-corrected chi connectivity index (χ4v) is 3.22. The van der Waals surface area contributed by atoms with Crippen molar-refractivity contribution >= 4 is 5.91 Å². The molecular formula is C21H18F2N2O3. The van der Waals surface area contributed by atoms with Crippen LogP contribution < -0.4 is 10.1 Å². The highest BCUT2D eigenvalue weighted by Crippen LogP contribution is 2.31. The van der Waals surface area contributed by atoms with Crippen molar-refractivity contribution in [3.63, 3.8) is 0 Å². The van der Waals surface area contributed by atoms with Crippen molar-refractivity contribution in [3.05, 3.63) is 71.8 Å². The van der Waals surface area contributed by atoms with Gasteiger partial charge in [0.1, 0.15) is 17.4 Å². The number of hydrogen-bond donors (Lipinski definition) is 1. The number of nitrogens with zero attached hydrogens (tertiary/aromatic N) is 1. The number of amides is 1. The van der Waals surface area contributed by atoms with Gasteiger partial charge in [0, 0.05) is 30.9 Å². The third-order valence-corrected chi connectivity index (χ3v) is 4.61. The molecule has 0 radical (unpaired) electrons. The molecule has 1 aliphatic rings. The van der Waals surface area contributed by atoms with Gasteiger partial charge in [-0.25, -0.2) is 13.8 Å². The van der Waals surface area contributed by atoms with Crippen molar-refractivity contribution in [2.75, 3.05) is 6.61 Å². The third kappa shape index (κ3) is 3.88. The van der Waals surface area contributed by atoms with Crippen LogP contribution in [0.2, 0.25) is 0 Å². The SMILES string of the molecule is O=C(CCc1ncc(-c2ccc(F)cc2F)o1)N[C@@H]1CCOc2ccccc21. The summed E-state index contributed by atoms with van der Waals surface area (Å²) in [5.74, 6) is -0.203. The molecule has 144 valence electrons. The molecule has 0 spiro atoms. The number of aromatic nitrogens is 1. The van der Waals surface area contributed by atoms with Crippen molar-refractivity contribution in [3.8, 4) is 17.1 Å². The standard InChI is InChI=1S/C21H18F2N2O3/c22-13-5-6-14(16(23)11-13)19-12-24-21(28-19)8-7-20(26)25-17-9-10-27-18-4-2-1-3-15(17)18/h1-6,11-12,17H,7-10H2,(H,25,26)/t17-/m1/s1. The van der Waals surface area contributed by atoms with E-state index in [2.05, 4.69) is 10.3 Å². The summed E-state index contributed by atoms with van der Waals surface area (Å²) in [6.45, 7) is 0.550. The second-order valence-electron chi connectivity index (χ2n) is 6.54. The van der Waals surface area contributed by atoms with Gasteiger partial charge in [0.25, 0.3) is 0 Å². The first-order valence-electron chi connectivity index (χ1n) is 9.01. The largest absolute Gasteiger partial charge is 0.493 e. The lowest BCUT2D eigenvalue weighted by molar-refractivity contribution is -0.122. The molecule has 28 heavy (non-hydrogen) atoms. The molecule has 0 saturated carbocycles. The topological polar surface area (TPSA) is 64.4 Å². The zero-order valence-electron chi connectivity index (χ0n) is 15.0. The van der Waals surface area contributed by atoms with Crippen LogP contribution in [0.1, 0.15) is 30.3 Å². The Kier molecular flexibility index (Phi) is 5.06. The van der Waals surface area contributed by atoms with Crippen LogP contribution in [0, 0.1) is 11.6 Å². The van der Waals surface area contributed by atoms with Crippen molar-refractivity contribution in [2.45, 2.75) is 25.3 Å².